The average molecular weight is 335 g/mol. The third-order valence-corrected chi connectivity index (χ3v) is 8.51. The number of carboxylic acids is 1. The lowest BCUT2D eigenvalue weighted by Gasteiger charge is -2.56. The van der Waals surface area contributed by atoms with Crippen molar-refractivity contribution in [2.45, 2.75) is 85.5 Å². The Bertz CT molecular complexity index is 459. The molecule has 2 nitrogen and oxygen atoms in total. The lowest BCUT2D eigenvalue weighted by molar-refractivity contribution is -0.149. The summed E-state index contributed by atoms with van der Waals surface area (Å²) in [5, 5.41) is 9.63. The monoisotopic (exact) mass is 334 g/mol. The van der Waals surface area contributed by atoms with E-state index in [0.29, 0.717) is 5.92 Å². The SMILES string of the molecule is CC.CC1CCC2C(CCC3C2CCC2(C)C(C(=O)O)CCC32)C1. The molecule has 8 atom stereocenters. The molecule has 0 spiro atoms. The molecule has 0 saturated heterocycles. The second-order valence-electron chi connectivity index (χ2n) is 9.37. The summed E-state index contributed by atoms with van der Waals surface area (Å²) in [6, 6.07) is 0. The van der Waals surface area contributed by atoms with Gasteiger partial charge in [-0.05, 0) is 92.3 Å². The largest absolute Gasteiger partial charge is 0.481 e. The highest BCUT2D eigenvalue weighted by Gasteiger charge is 2.58. The minimum Gasteiger partial charge on any atom is -0.481 e. The summed E-state index contributed by atoms with van der Waals surface area (Å²) in [5.74, 6) is 4.79. The maximum absolute atomic E-state index is 11.7. The van der Waals surface area contributed by atoms with Gasteiger partial charge in [-0.2, -0.15) is 0 Å². The maximum Gasteiger partial charge on any atom is 0.307 e. The minimum atomic E-state index is -0.524. The van der Waals surface area contributed by atoms with Crippen LogP contribution in [-0.2, 0) is 4.79 Å². The summed E-state index contributed by atoms with van der Waals surface area (Å²) < 4.78 is 0. The summed E-state index contributed by atoms with van der Waals surface area (Å²) in [6.07, 6.45) is 11.8. The first-order chi connectivity index (χ1) is 11.5. The van der Waals surface area contributed by atoms with Crippen molar-refractivity contribution in [1.82, 2.24) is 0 Å². The van der Waals surface area contributed by atoms with Crippen LogP contribution >= 0.6 is 0 Å². The van der Waals surface area contributed by atoms with Crippen molar-refractivity contribution in [3.63, 3.8) is 0 Å². The number of fused-ring (bicyclic) bond motifs is 5. The Labute approximate surface area is 148 Å². The van der Waals surface area contributed by atoms with Gasteiger partial charge in [0, 0.05) is 0 Å². The zero-order valence-corrected chi connectivity index (χ0v) is 16.3. The van der Waals surface area contributed by atoms with Gasteiger partial charge in [-0.3, -0.25) is 4.79 Å². The first kappa shape index (κ1) is 18.3. The summed E-state index contributed by atoms with van der Waals surface area (Å²) in [4.78, 5) is 11.7. The molecule has 0 aromatic carbocycles. The van der Waals surface area contributed by atoms with E-state index in [9.17, 15) is 9.90 Å². The topological polar surface area (TPSA) is 37.3 Å². The van der Waals surface area contributed by atoms with Gasteiger partial charge in [0.2, 0.25) is 0 Å². The maximum atomic E-state index is 11.7. The second-order valence-corrected chi connectivity index (χ2v) is 9.37. The van der Waals surface area contributed by atoms with Crippen molar-refractivity contribution in [2.24, 2.45) is 46.8 Å². The second kappa shape index (κ2) is 7.00. The smallest absolute Gasteiger partial charge is 0.307 e. The Morgan fingerprint density at radius 2 is 1.62 bits per heavy atom. The molecular weight excluding hydrogens is 296 g/mol. The molecule has 2 heteroatoms. The first-order valence-electron chi connectivity index (χ1n) is 10.7. The highest BCUT2D eigenvalue weighted by atomic mass is 16.4. The molecule has 4 aliphatic carbocycles. The van der Waals surface area contributed by atoms with Crippen LogP contribution in [0, 0.1) is 46.8 Å². The number of rotatable bonds is 1. The predicted octanol–water partition coefficient (Wildman–Crippen LogP) is 6.00. The van der Waals surface area contributed by atoms with Crippen LogP contribution in [0.2, 0.25) is 0 Å². The molecular formula is C22H38O2. The van der Waals surface area contributed by atoms with Gasteiger partial charge in [0.25, 0.3) is 0 Å². The molecule has 0 aromatic rings. The van der Waals surface area contributed by atoms with Crippen molar-refractivity contribution in [3.8, 4) is 0 Å². The van der Waals surface area contributed by atoms with Crippen LogP contribution in [0.1, 0.15) is 85.5 Å². The Balaban J connectivity index is 0.000000815. The highest BCUT2D eigenvalue weighted by molar-refractivity contribution is 5.71. The predicted molar refractivity (Wildman–Crippen MR) is 98.7 cm³/mol. The molecule has 0 aromatic heterocycles. The summed E-state index contributed by atoms with van der Waals surface area (Å²) in [6.45, 7) is 8.75. The molecule has 24 heavy (non-hydrogen) atoms. The van der Waals surface area contributed by atoms with E-state index in [2.05, 4.69) is 13.8 Å². The van der Waals surface area contributed by atoms with Crippen LogP contribution < -0.4 is 0 Å². The first-order valence-corrected chi connectivity index (χ1v) is 10.7. The normalized spacial score (nSPS) is 49.9. The number of hydrogen-bond acceptors (Lipinski definition) is 1. The fourth-order valence-electron chi connectivity index (χ4n) is 7.49. The third-order valence-electron chi connectivity index (χ3n) is 8.51. The molecule has 0 amide bonds. The van der Waals surface area contributed by atoms with Crippen molar-refractivity contribution in [1.29, 1.82) is 0 Å². The van der Waals surface area contributed by atoms with Gasteiger partial charge >= 0.3 is 5.97 Å². The van der Waals surface area contributed by atoms with E-state index in [1.54, 1.807) is 0 Å². The van der Waals surface area contributed by atoms with Crippen molar-refractivity contribution in [2.75, 3.05) is 0 Å². The van der Waals surface area contributed by atoms with E-state index >= 15 is 0 Å². The van der Waals surface area contributed by atoms with Crippen molar-refractivity contribution >= 4 is 5.97 Å². The average Bonchev–Trinajstić information content (AvgIpc) is 2.93. The van der Waals surface area contributed by atoms with Gasteiger partial charge in [0.15, 0.2) is 0 Å². The third kappa shape index (κ3) is 2.82. The molecule has 1 N–H and O–H groups in total. The highest BCUT2D eigenvalue weighted by Crippen LogP contribution is 2.64. The number of carbonyl (C=O) groups is 1. The van der Waals surface area contributed by atoms with E-state index < -0.39 is 5.97 Å². The van der Waals surface area contributed by atoms with Crippen LogP contribution in [0.15, 0.2) is 0 Å². The minimum absolute atomic E-state index is 0.0671. The zero-order chi connectivity index (χ0) is 17.5. The van der Waals surface area contributed by atoms with Gasteiger partial charge in [0.05, 0.1) is 5.92 Å². The van der Waals surface area contributed by atoms with Crippen LogP contribution in [0.4, 0.5) is 0 Å². The summed E-state index contributed by atoms with van der Waals surface area (Å²) in [5.41, 5.74) is 0.0990. The molecule has 0 radical (unpaired) electrons. The molecule has 0 aliphatic heterocycles. The molecule has 4 aliphatic rings. The van der Waals surface area contributed by atoms with Gasteiger partial charge in [-0.25, -0.2) is 0 Å². The quantitative estimate of drug-likeness (QED) is 0.638. The Morgan fingerprint density at radius 3 is 2.33 bits per heavy atom. The van der Waals surface area contributed by atoms with Crippen LogP contribution in [0.5, 0.6) is 0 Å². The molecule has 4 saturated carbocycles. The van der Waals surface area contributed by atoms with Crippen LogP contribution in [-0.4, -0.2) is 11.1 Å². The van der Waals surface area contributed by atoms with Crippen molar-refractivity contribution < 1.29 is 9.90 Å². The molecule has 0 heterocycles. The van der Waals surface area contributed by atoms with Gasteiger partial charge in [0.1, 0.15) is 0 Å². The lowest BCUT2D eigenvalue weighted by Crippen LogP contribution is -2.49. The number of carboxylic acid groups (broad SMARTS) is 1. The van der Waals surface area contributed by atoms with E-state index in [-0.39, 0.29) is 11.3 Å². The van der Waals surface area contributed by atoms with E-state index in [1.165, 1.54) is 51.4 Å². The number of aliphatic carboxylic acids is 1. The van der Waals surface area contributed by atoms with Gasteiger partial charge in [-0.15, -0.1) is 0 Å². The zero-order valence-electron chi connectivity index (χ0n) is 16.3. The molecule has 138 valence electrons. The molecule has 4 rings (SSSR count). The van der Waals surface area contributed by atoms with E-state index in [4.69, 9.17) is 0 Å². The fourth-order valence-corrected chi connectivity index (χ4v) is 7.49. The van der Waals surface area contributed by atoms with Crippen LogP contribution in [0.25, 0.3) is 0 Å². The van der Waals surface area contributed by atoms with Gasteiger partial charge < -0.3 is 5.11 Å². The molecule has 4 fully saturated rings. The standard InChI is InChI=1S/C20H32O2.C2H6/c1-12-3-5-14-13(11-12)4-6-16-15(14)9-10-20(2)17(16)7-8-18(20)19(21)22;1-2/h12-18H,3-11H2,1-2H3,(H,21,22);1-2H3. The molecule has 0 bridgehead atoms. The Morgan fingerprint density at radius 1 is 0.917 bits per heavy atom. The van der Waals surface area contributed by atoms with Crippen molar-refractivity contribution in [3.05, 3.63) is 0 Å². The molecule has 8 unspecified atom stereocenters. The Kier molecular flexibility index (Phi) is 5.33. The lowest BCUT2D eigenvalue weighted by atomic mass is 9.49. The fraction of sp³-hybridized carbons (Fsp3) is 0.955. The van der Waals surface area contributed by atoms with Crippen LogP contribution in [0.3, 0.4) is 0 Å². The Hall–Kier alpha value is -0.530. The summed E-state index contributed by atoms with van der Waals surface area (Å²) >= 11 is 0. The summed E-state index contributed by atoms with van der Waals surface area (Å²) in [7, 11) is 0. The van der Waals surface area contributed by atoms with E-state index in [0.717, 1.165) is 36.0 Å². The number of hydrogen-bond donors (Lipinski definition) is 1. The van der Waals surface area contributed by atoms with Gasteiger partial charge in [-0.1, -0.05) is 34.1 Å². The van der Waals surface area contributed by atoms with E-state index in [1.807, 2.05) is 13.8 Å².